The molecule has 4 heteroatoms. The van der Waals surface area contributed by atoms with Crippen molar-refractivity contribution in [3.8, 4) is 5.75 Å². The summed E-state index contributed by atoms with van der Waals surface area (Å²) < 4.78 is 7.68. The van der Waals surface area contributed by atoms with Crippen molar-refractivity contribution >= 4 is 11.0 Å². The third kappa shape index (κ3) is 2.45. The summed E-state index contributed by atoms with van der Waals surface area (Å²) in [6, 6.07) is 7.01. The van der Waals surface area contributed by atoms with Crippen LogP contribution in [-0.4, -0.2) is 22.7 Å². The average molecular weight is 259 g/mol. The molecule has 0 bridgehead atoms. The van der Waals surface area contributed by atoms with Gasteiger partial charge in [-0.05, 0) is 38.3 Å². The predicted molar refractivity (Wildman–Crippen MR) is 76.5 cm³/mol. The lowest BCUT2D eigenvalue weighted by Gasteiger charge is -2.09. The van der Waals surface area contributed by atoms with Gasteiger partial charge >= 0.3 is 0 Å². The highest BCUT2D eigenvalue weighted by molar-refractivity contribution is 5.78. The van der Waals surface area contributed by atoms with Crippen molar-refractivity contribution in [2.45, 2.75) is 44.7 Å². The summed E-state index contributed by atoms with van der Waals surface area (Å²) in [5.74, 6) is 2.04. The number of ether oxygens (including phenoxy) is 1. The van der Waals surface area contributed by atoms with Crippen LogP contribution in [0.2, 0.25) is 0 Å². The van der Waals surface area contributed by atoms with Crippen LogP contribution >= 0.6 is 0 Å². The maximum absolute atomic E-state index is 5.86. The molecule has 1 aromatic carbocycles. The van der Waals surface area contributed by atoms with Crippen LogP contribution in [0.5, 0.6) is 5.75 Å². The van der Waals surface area contributed by atoms with E-state index in [-0.39, 0.29) is 6.04 Å². The third-order valence-electron chi connectivity index (χ3n) is 3.71. The van der Waals surface area contributed by atoms with E-state index in [2.05, 4.69) is 10.6 Å². The summed E-state index contributed by atoms with van der Waals surface area (Å²) in [4.78, 5) is 4.78. The van der Waals surface area contributed by atoms with Crippen LogP contribution in [0, 0.1) is 0 Å². The number of benzene rings is 1. The van der Waals surface area contributed by atoms with E-state index in [1.807, 2.05) is 19.1 Å². The zero-order valence-corrected chi connectivity index (χ0v) is 11.6. The van der Waals surface area contributed by atoms with Crippen molar-refractivity contribution in [2.75, 3.05) is 7.11 Å². The molecular weight excluding hydrogens is 238 g/mol. The summed E-state index contributed by atoms with van der Waals surface area (Å²) in [5.41, 5.74) is 8.12. The molecule has 4 nitrogen and oxygen atoms in total. The molecule has 1 aliphatic carbocycles. The molecule has 1 fully saturated rings. The first-order valence-corrected chi connectivity index (χ1v) is 6.99. The molecule has 102 valence electrons. The van der Waals surface area contributed by atoms with E-state index in [4.69, 9.17) is 15.5 Å². The number of methoxy groups -OCH3 is 1. The first-order valence-electron chi connectivity index (χ1n) is 6.99. The Balaban J connectivity index is 2.01. The van der Waals surface area contributed by atoms with E-state index in [0.29, 0.717) is 6.04 Å². The smallest absolute Gasteiger partial charge is 0.121 e. The summed E-state index contributed by atoms with van der Waals surface area (Å²) in [6.45, 7) is 2.05. The molecule has 0 saturated heterocycles. The van der Waals surface area contributed by atoms with Crippen LogP contribution < -0.4 is 10.5 Å². The molecule has 19 heavy (non-hydrogen) atoms. The Morgan fingerprint density at radius 2 is 2.26 bits per heavy atom. The van der Waals surface area contributed by atoms with Crippen molar-refractivity contribution in [1.29, 1.82) is 0 Å². The molecule has 2 N–H and O–H groups in total. The highest BCUT2D eigenvalue weighted by atomic mass is 16.5. The summed E-state index contributed by atoms with van der Waals surface area (Å²) in [7, 11) is 1.69. The number of aryl methyl sites for hydroxylation is 1. The molecule has 1 atom stereocenters. The molecular formula is C15H21N3O. The van der Waals surface area contributed by atoms with Crippen LogP contribution in [0.4, 0.5) is 0 Å². The second-order valence-corrected chi connectivity index (χ2v) is 5.50. The largest absolute Gasteiger partial charge is 0.497 e. The summed E-state index contributed by atoms with van der Waals surface area (Å²) in [5, 5.41) is 0. The normalized spacial score (nSPS) is 16.8. The lowest BCUT2D eigenvalue weighted by Crippen LogP contribution is -2.16. The molecule has 1 heterocycles. The fourth-order valence-corrected chi connectivity index (χ4v) is 2.53. The maximum Gasteiger partial charge on any atom is 0.121 e. The second-order valence-electron chi connectivity index (χ2n) is 5.50. The van der Waals surface area contributed by atoms with Gasteiger partial charge < -0.3 is 15.0 Å². The van der Waals surface area contributed by atoms with Crippen LogP contribution in [0.1, 0.15) is 38.1 Å². The minimum Gasteiger partial charge on any atom is -0.497 e. The van der Waals surface area contributed by atoms with Crippen molar-refractivity contribution in [2.24, 2.45) is 5.73 Å². The molecule has 0 spiro atoms. The Bertz CT molecular complexity index is 584. The van der Waals surface area contributed by atoms with Gasteiger partial charge in [0.1, 0.15) is 11.6 Å². The molecule has 1 aromatic heterocycles. The average Bonchev–Trinajstić information content (AvgIpc) is 3.16. The van der Waals surface area contributed by atoms with E-state index in [9.17, 15) is 0 Å². The van der Waals surface area contributed by atoms with Gasteiger partial charge in [-0.25, -0.2) is 4.98 Å². The number of nitrogens with two attached hydrogens (primary N) is 1. The minimum atomic E-state index is 0.224. The number of imidazole rings is 1. The molecule has 0 aliphatic heterocycles. The zero-order valence-electron chi connectivity index (χ0n) is 11.6. The topological polar surface area (TPSA) is 53.1 Å². The van der Waals surface area contributed by atoms with Gasteiger partial charge in [0.25, 0.3) is 0 Å². The Morgan fingerprint density at radius 3 is 2.89 bits per heavy atom. The van der Waals surface area contributed by atoms with Gasteiger partial charge in [0.15, 0.2) is 0 Å². The molecule has 1 unspecified atom stereocenters. The Hall–Kier alpha value is -1.55. The quantitative estimate of drug-likeness (QED) is 0.898. The van der Waals surface area contributed by atoms with Crippen molar-refractivity contribution in [3.05, 3.63) is 24.0 Å². The van der Waals surface area contributed by atoms with Crippen LogP contribution in [0.15, 0.2) is 18.2 Å². The molecule has 1 saturated carbocycles. The zero-order chi connectivity index (χ0) is 13.4. The fourth-order valence-electron chi connectivity index (χ4n) is 2.53. The van der Waals surface area contributed by atoms with Gasteiger partial charge in [-0.15, -0.1) is 0 Å². The molecule has 1 aliphatic rings. The maximum atomic E-state index is 5.86. The van der Waals surface area contributed by atoms with E-state index in [1.54, 1.807) is 7.11 Å². The van der Waals surface area contributed by atoms with Crippen molar-refractivity contribution < 1.29 is 4.74 Å². The summed E-state index contributed by atoms with van der Waals surface area (Å²) in [6.07, 6.45) is 4.46. The monoisotopic (exact) mass is 259 g/mol. The first kappa shape index (κ1) is 12.5. The minimum absolute atomic E-state index is 0.224. The van der Waals surface area contributed by atoms with Gasteiger partial charge in [0.2, 0.25) is 0 Å². The number of rotatable bonds is 5. The van der Waals surface area contributed by atoms with Crippen LogP contribution in [-0.2, 0) is 6.42 Å². The van der Waals surface area contributed by atoms with Crippen LogP contribution in [0.25, 0.3) is 11.0 Å². The van der Waals surface area contributed by atoms with E-state index in [1.165, 1.54) is 24.2 Å². The van der Waals surface area contributed by atoms with Crippen LogP contribution in [0.3, 0.4) is 0 Å². The summed E-state index contributed by atoms with van der Waals surface area (Å²) >= 11 is 0. The number of fused-ring (bicyclic) bond motifs is 1. The van der Waals surface area contributed by atoms with E-state index in [0.717, 1.165) is 24.1 Å². The number of nitrogens with zero attached hydrogens (tertiary/aromatic N) is 2. The van der Waals surface area contributed by atoms with Gasteiger partial charge in [-0.1, -0.05) is 0 Å². The molecule has 0 radical (unpaired) electrons. The molecule has 0 amide bonds. The third-order valence-corrected chi connectivity index (χ3v) is 3.71. The second kappa shape index (κ2) is 4.85. The highest BCUT2D eigenvalue weighted by Crippen LogP contribution is 2.39. The SMILES string of the molecule is COc1ccc2c(c1)nc(CCC(C)N)n2C1CC1. The van der Waals surface area contributed by atoms with Gasteiger partial charge in [0, 0.05) is 24.6 Å². The Morgan fingerprint density at radius 1 is 1.47 bits per heavy atom. The molecule has 2 aromatic rings. The van der Waals surface area contributed by atoms with Gasteiger partial charge in [-0.3, -0.25) is 0 Å². The Kier molecular flexibility index (Phi) is 3.19. The first-order chi connectivity index (χ1) is 9.19. The fraction of sp³-hybridized carbons (Fsp3) is 0.533. The van der Waals surface area contributed by atoms with Gasteiger partial charge in [0.05, 0.1) is 18.1 Å². The van der Waals surface area contributed by atoms with E-state index < -0.39 is 0 Å². The number of hydrogen-bond donors (Lipinski definition) is 1. The molecule has 3 rings (SSSR count). The Labute approximate surface area is 113 Å². The lowest BCUT2D eigenvalue weighted by atomic mass is 10.2. The van der Waals surface area contributed by atoms with Gasteiger partial charge in [-0.2, -0.15) is 0 Å². The predicted octanol–water partition coefficient (Wildman–Crippen LogP) is 2.66. The number of aromatic nitrogens is 2. The van der Waals surface area contributed by atoms with Crippen molar-refractivity contribution in [3.63, 3.8) is 0 Å². The van der Waals surface area contributed by atoms with E-state index >= 15 is 0 Å². The standard InChI is InChI=1S/C15H21N3O/c1-10(16)3-8-15-17-13-9-12(19-2)6-7-14(13)18(15)11-4-5-11/h6-7,9-11H,3-5,8,16H2,1-2H3. The lowest BCUT2D eigenvalue weighted by molar-refractivity contribution is 0.415. The highest BCUT2D eigenvalue weighted by Gasteiger charge is 2.28. The number of hydrogen-bond acceptors (Lipinski definition) is 3. The van der Waals surface area contributed by atoms with Crippen molar-refractivity contribution in [1.82, 2.24) is 9.55 Å².